The van der Waals surface area contributed by atoms with Crippen LogP contribution in [-0.4, -0.2) is 20.3 Å². The quantitative estimate of drug-likeness (QED) is 0.700. The van der Waals surface area contributed by atoms with E-state index in [1.807, 2.05) is 11.3 Å². The second kappa shape index (κ2) is 8.45. The molecule has 2 atom stereocenters. The van der Waals surface area contributed by atoms with Gasteiger partial charge in [0.15, 0.2) is 0 Å². The van der Waals surface area contributed by atoms with Gasteiger partial charge in [-0.1, -0.05) is 13.8 Å². The summed E-state index contributed by atoms with van der Waals surface area (Å²) in [6, 6.07) is 2.76. The molecule has 17 heavy (non-hydrogen) atoms. The van der Waals surface area contributed by atoms with Crippen LogP contribution in [0.25, 0.3) is 0 Å². The van der Waals surface area contributed by atoms with Crippen molar-refractivity contribution in [1.29, 1.82) is 0 Å². The molecule has 0 aliphatic rings. The van der Waals surface area contributed by atoms with E-state index in [1.165, 1.54) is 14.9 Å². The van der Waals surface area contributed by atoms with Crippen molar-refractivity contribution in [2.45, 2.75) is 32.7 Å². The summed E-state index contributed by atoms with van der Waals surface area (Å²) < 4.78 is 6.54. The minimum atomic E-state index is 0.463. The summed E-state index contributed by atoms with van der Waals surface area (Å²) in [5, 5.41) is 5.93. The zero-order chi connectivity index (χ0) is 12.7. The molecule has 1 N–H and O–H groups in total. The predicted octanol–water partition coefficient (Wildman–Crippen LogP) is 4.07. The lowest BCUT2D eigenvalue weighted by atomic mass is 9.94. The Bertz CT molecular complexity index is 316. The molecule has 0 aromatic carbocycles. The van der Waals surface area contributed by atoms with Gasteiger partial charge in [0.05, 0.1) is 2.88 Å². The minimum absolute atomic E-state index is 0.463. The summed E-state index contributed by atoms with van der Waals surface area (Å²) in [6.45, 7) is 6.43. The molecule has 0 aliphatic carbocycles. The van der Waals surface area contributed by atoms with E-state index in [0.29, 0.717) is 12.0 Å². The number of thiophene rings is 1. The first kappa shape index (κ1) is 15.4. The molecule has 0 saturated carbocycles. The van der Waals surface area contributed by atoms with Gasteiger partial charge in [-0.15, -0.1) is 11.3 Å². The van der Waals surface area contributed by atoms with Gasteiger partial charge in [0.2, 0.25) is 0 Å². The van der Waals surface area contributed by atoms with E-state index in [-0.39, 0.29) is 0 Å². The van der Waals surface area contributed by atoms with E-state index < -0.39 is 0 Å². The Morgan fingerprint density at radius 3 is 2.82 bits per heavy atom. The molecular weight excluding hydrogens is 345 g/mol. The molecular formula is C13H22INOS. The lowest BCUT2D eigenvalue weighted by Gasteiger charge is -2.24. The summed E-state index contributed by atoms with van der Waals surface area (Å²) in [5.74, 6) is 0.604. The molecule has 1 heterocycles. The molecule has 0 aliphatic heterocycles. The first-order valence-electron chi connectivity index (χ1n) is 6.15. The normalized spacial score (nSPS) is 14.8. The van der Waals surface area contributed by atoms with Gasteiger partial charge in [-0.3, -0.25) is 0 Å². The van der Waals surface area contributed by atoms with E-state index in [9.17, 15) is 0 Å². The Labute approximate surface area is 122 Å². The number of nitrogens with one attached hydrogen (secondary N) is 1. The maximum absolute atomic E-state index is 5.18. The average Bonchev–Trinajstić information content (AvgIpc) is 2.73. The summed E-state index contributed by atoms with van der Waals surface area (Å²) in [6.07, 6.45) is 2.28. The molecule has 1 rings (SSSR count). The van der Waals surface area contributed by atoms with Crippen LogP contribution >= 0.6 is 33.9 Å². The van der Waals surface area contributed by atoms with Gasteiger partial charge < -0.3 is 10.1 Å². The minimum Gasteiger partial charge on any atom is -0.385 e. The van der Waals surface area contributed by atoms with E-state index in [2.05, 4.69) is 53.2 Å². The van der Waals surface area contributed by atoms with Gasteiger partial charge in [-0.2, -0.15) is 0 Å². The highest BCUT2D eigenvalue weighted by atomic mass is 127. The molecule has 0 radical (unpaired) electrons. The Kier molecular flexibility index (Phi) is 7.66. The molecule has 0 amide bonds. The Morgan fingerprint density at radius 2 is 2.29 bits per heavy atom. The highest BCUT2D eigenvalue weighted by Gasteiger charge is 2.19. The SMILES string of the molecule is CCCNC(c1csc(I)c1)C(C)CCOC. The van der Waals surface area contributed by atoms with Crippen LogP contribution in [0.2, 0.25) is 0 Å². The standard InChI is InChI=1S/C13H22INOS/c1-4-6-15-13(10(2)5-7-16-3)11-8-12(14)17-9-11/h8-10,13,15H,4-7H2,1-3H3. The first-order valence-corrected chi connectivity index (χ1v) is 8.11. The molecule has 2 unspecified atom stereocenters. The Hall–Kier alpha value is 0.350. The Balaban J connectivity index is 2.65. The highest BCUT2D eigenvalue weighted by Crippen LogP contribution is 2.29. The van der Waals surface area contributed by atoms with Crippen LogP contribution in [0.1, 0.15) is 38.3 Å². The summed E-state index contributed by atoms with van der Waals surface area (Å²) in [7, 11) is 1.77. The van der Waals surface area contributed by atoms with Gasteiger partial charge in [0.1, 0.15) is 0 Å². The fraction of sp³-hybridized carbons (Fsp3) is 0.692. The third-order valence-electron chi connectivity index (χ3n) is 2.91. The van der Waals surface area contributed by atoms with Gasteiger partial charge in [0, 0.05) is 19.8 Å². The third kappa shape index (κ3) is 5.24. The Morgan fingerprint density at radius 1 is 1.53 bits per heavy atom. The van der Waals surface area contributed by atoms with Crippen molar-refractivity contribution in [1.82, 2.24) is 5.32 Å². The van der Waals surface area contributed by atoms with Crippen LogP contribution in [0.5, 0.6) is 0 Å². The van der Waals surface area contributed by atoms with Gasteiger partial charge in [-0.05, 0) is 64.9 Å². The fourth-order valence-electron chi connectivity index (χ4n) is 1.90. The van der Waals surface area contributed by atoms with Gasteiger partial charge in [-0.25, -0.2) is 0 Å². The second-order valence-corrected chi connectivity index (χ2v) is 7.18. The summed E-state index contributed by atoms with van der Waals surface area (Å²) >= 11 is 4.21. The molecule has 98 valence electrons. The number of ether oxygens (including phenoxy) is 1. The van der Waals surface area contributed by atoms with E-state index in [4.69, 9.17) is 4.74 Å². The van der Waals surface area contributed by atoms with Crippen molar-refractivity contribution in [3.8, 4) is 0 Å². The summed E-state index contributed by atoms with van der Waals surface area (Å²) in [5.41, 5.74) is 1.43. The first-order chi connectivity index (χ1) is 8.19. The number of rotatable bonds is 8. The highest BCUT2D eigenvalue weighted by molar-refractivity contribution is 14.1. The van der Waals surface area contributed by atoms with Gasteiger partial charge >= 0.3 is 0 Å². The maximum Gasteiger partial charge on any atom is 0.0656 e. The molecule has 4 heteroatoms. The number of methoxy groups -OCH3 is 1. The number of hydrogen-bond donors (Lipinski definition) is 1. The van der Waals surface area contributed by atoms with Crippen LogP contribution in [0, 0.1) is 8.80 Å². The number of hydrogen-bond acceptors (Lipinski definition) is 3. The van der Waals surface area contributed by atoms with E-state index in [0.717, 1.165) is 19.6 Å². The zero-order valence-corrected chi connectivity index (χ0v) is 13.8. The lowest BCUT2D eigenvalue weighted by Crippen LogP contribution is -2.28. The number of halogens is 1. The molecule has 0 fully saturated rings. The molecule has 0 spiro atoms. The largest absolute Gasteiger partial charge is 0.385 e. The smallest absolute Gasteiger partial charge is 0.0656 e. The molecule has 0 saturated heterocycles. The van der Waals surface area contributed by atoms with Gasteiger partial charge in [0.25, 0.3) is 0 Å². The third-order valence-corrected chi connectivity index (χ3v) is 4.71. The zero-order valence-electron chi connectivity index (χ0n) is 10.8. The van der Waals surface area contributed by atoms with E-state index in [1.54, 1.807) is 7.11 Å². The topological polar surface area (TPSA) is 21.3 Å². The molecule has 0 bridgehead atoms. The average molecular weight is 367 g/mol. The second-order valence-electron chi connectivity index (χ2n) is 4.37. The predicted molar refractivity (Wildman–Crippen MR) is 83.7 cm³/mol. The van der Waals surface area contributed by atoms with Crippen molar-refractivity contribution in [2.75, 3.05) is 20.3 Å². The lowest BCUT2D eigenvalue weighted by molar-refractivity contribution is 0.170. The van der Waals surface area contributed by atoms with Crippen LogP contribution in [0.4, 0.5) is 0 Å². The maximum atomic E-state index is 5.18. The van der Waals surface area contributed by atoms with Crippen LogP contribution in [0.15, 0.2) is 11.4 Å². The molecule has 2 nitrogen and oxygen atoms in total. The fourth-order valence-corrected chi connectivity index (χ4v) is 3.31. The summed E-state index contributed by atoms with van der Waals surface area (Å²) in [4.78, 5) is 0. The van der Waals surface area contributed by atoms with Crippen LogP contribution in [0.3, 0.4) is 0 Å². The monoisotopic (exact) mass is 367 g/mol. The van der Waals surface area contributed by atoms with Crippen LogP contribution in [-0.2, 0) is 4.74 Å². The molecule has 1 aromatic rings. The van der Waals surface area contributed by atoms with Crippen molar-refractivity contribution < 1.29 is 4.74 Å². The molecule has 1 aromatic heterocycles. The van der Waals surface area contributed by atoms with Crippen molar-refractivity contribution in [3.63, 3.8) is 0 Å². The van der Waals surface area contributed by atoms with E-state index >= 15 is 0 Å². The van der Waals surface area contributed by atoms with Crippen molar-refractivity contribution in [3.05, 3.63) is 19.9 Å². The van der Waals surface area contributed by atoms with Crippen molar-refractivity contribution in [2.24, 2.45) is 5.92 Å². The van der Waals surface area contributed by atoms with Crippen LogP contribution < -0.4 is 5.32 Å². The van der Waals surface area contributed by atoms with Crippen molar-refractivity contribution >= 4 is 33.9 Å².